The molecule has 2 aromatic carbocycles. The molecule has 1 amide bonds. The summed E-state index contributed by atoms with van der Waals surface area (Å²) in [5, 5.41) is 14.3. The Kier molecular flexibility index (Phi) is 4.40. The van der Waals surface area contributed by atoms with Crippen molar-refractivity contribution in [3.8, 4) is 5.75 Å². The molecule has 0 spiro atoms. The first-order valence-electron chi connectivity index (χ1n) is 6.17. The Hall–Kier alpha value is -3.02. The van der Waals surface area contributed by atoms with E-state index < -0.39 is 0 Å². The van der Waals surface area contributed by atoms with Crippen molar-refractivity contribution in [2.45, 2.75) is 0 Å². The van der Waals surface area contributed by atoms with E-state index in [4.69, 9.17) is 15.7 Å². The monoisotopic (exact) mass is 285 g/mol. The van der Waals surface area contributed by atoms with Gasteiger partial charge in [0.25, 0.3) is 5.91 Å². The van der Waals surface area contributed by atoms with Gasteiger partial charge in [-0.2, -0.15) is 0 Å². The van der Waals surface area contributed by atoms with E-state index in [2.05, 4.69) is 10.5 Å². The van der Waals surface area contributed by atoms with Crippen LogP contribution in [0.3, 0.4) is 0 Å². The van der Waals surface area contributed by atoms with Crippen molar-refractivity contribution in [1.29, 1.82) is 0 Å². The van der Waals surface area contributed by atoms with E-state index in [1.807, 2.05) is 0 Å². The van der Waals surface area contributed by atoms with Gasteiger partial charge in [-0.1, -0.05) is 17.3 Å². The van der Waals surface area contributed by atoms with Crippen molar-refractivity contribution in [1.82, 2.24) is 0 Å². The molecule has 0 saturated heterocycles. The second-order valence-electron chi connectivity index (χ2n) is 4.25. The van der Waals surface area contributed by atoms with E-state index in [-0.39, 0.29) is 11.7 Å². The van der Waals surface area contributed by atoms with Crippen molar-refractivity contribution >= 4 is 17.4 Å². The summed E-state index contributed by atoms with van der Waals surface area (Å²) in [6, 6.07) is 13.5. The number of oxime groups is 1. The van der Waals surface area contributed by atoms with E-state index in [1.54, 1.807) is 55.6 Å². The number of amides is 1. The highest BCUT2D eigenvalue weighted by atomic mass is 16.5. The zero-order chi connectivity index (χ0) is 15.2. The van der Waals surface area contributed by atoms with E-state index >= 15 is 0 Å². The second kappa shape index (κ2) is 6.42. The lowest BCUT2D eigenvalue weighted by molar-refractivity contribution is 0.102. The van der Waals surface area contributed by atoms with Crippen LogP contribution in [0.5, 0.6) is 5.75 Å². The zero-order valence-electron chi connectivity index (χ0n) is 11.4. The molecule has 0 fully saturated rings. The van der Waals surface area contributed by atoms with Gasteiger partial charge in [-0.3, -0.25) is 4.79 Å². The first-order valence-corrected chi connectivity index (χ1v) is 6.17. The van der Waals surface area contributed by atoms with Crippen molar-refractivity contribution in [3.63, 3.8) is 0 Å². The summed E-state index contributed by atoms with van der Waals surface area (Å²) in [6.07, 6.45) is 0. The lowest BCUT2D eigenvalue weighted by atomic mass is 10.1. The van der Waals surface area contributed by atoms with Crippen LogP contribution in [0.2, 0.25) is 0 Å². The number of hydrogen-bond acceptors (Lipinski definition) is 4. The fraction of sp³-hybridized carbons (Fsp3) is 0.0667. The fourth-order valence-electron chi connectivity index (χ4n) is 1.76. The molecule has 0 aromatic heterocycles. The normalized spacial score (nSPS) is 11.0. The molecule has 2 aromatic rings. The van der Waals surface area contributed by atoms with Crippen LogP contribution in [0.25, 0.3) is 0 Å². The zero-order valence-corrected chi connectivity index (χ0v) is 11.4. The van der Waals surface area contributed by atoms with Crippen molar-refractivity contribution in [3.05, 3.63) is 59.7 Å². The molecule has 0 aliphatic carbocycles. The summed E-state index contributed by atoms with van der Waals surface area (Å²) in [6.45, 7) is 0. The summed E-state index contributed by atoms with van der Waals surface area (Å²) in [5.74, 6) is 0.379. The third-order valence-electron chi connectivity index (χ3n) is 2.88. The molecule has 21 heavy (non-hydrogen) atoms. The highest BCUT2D eigenvalue weighted by molar-refractivity contribution is 6.06. The Balaban J connectivity index is 2.16. The lowest BCUT2D eigenvalue weighted by Gasteiger charge is -2.07. The maximum absolute atomic E-state index is 12.1. The number of carbonyl (C=O) groups excluding carboxylic acids is 1. The number of nitrogens with zero attached hydrogens (tertiary/aromatic N) is 1. The van der Waals surface area contributed by atoms with Gasteiger partial charge in [0, 0.05) is 16.8 Å². The molecule has 0 bridgehead atoms. The summed E-state index contributed by atoms with van der Waals surface area (Å²) in [7, 11) is 1.58. The van der Waals surface area contributed by atoms with E-state index in [0.717, 1.165) is 0 Å². The minimum absolute atomic E-state index is 0.0471. The SMILES string of the molecule is COc1ccc(NC(=O)c2cccc(/C(N)=N/O)c2)cc1. The number of anilines is 1. The predicted molar refractivity (Wildman–Crippen MR) is 79.9 cm³/mol. The summed E-state index contributed by atoms with van der Waals surface area (Å²) in [4.78, 5) is 12.1. The topological polar surface area (TPSA) is 96.9 Å². The van der Waals surface area contributed by atoms with Crippen molar-refractivity contribution in [2.75, 3.05) is 12.4 Å². The molecule has 0 saturated carbocycles. The Morgan fingerprint density at radius 1 is 1.19 bits per heavy atom. The van der Waals surface area contributed by atoms with Gasteiger partial charge in [0.05, 0.1) is 7.11 Å². The van der Waals surface area contributed by atoms with Gasteiger partial charge in [0.15, 0.2) is 5.84 Å². The van der Waals surface area contributed by atoms with E-state index in [9.17, 15) is 4.79 Å². The molecule has 0 aliphatic heterocycles. The highest BCUT2D eigenvalue weighted by Crippen LogP contribution is 2.16. The second-order valence-corrected chi connectivity index (χ2v) is 4.25. The van der Waals surface area contributed by atoms with Gasteiger partial charge in [-0.15, -0.1) is 0 Å². The van der Waals surface area contributed by atoms with Gasteiger partial charge in [0.1, 0.15) is 5.75 Å². The van der Waals surface area contributed by atoms with Gasteiger partial charge in [-0.05, 0) is 36.4 Å². The number of benzene rings is 2. The largest absolute Gasteiger partial charge is 0.497 e. The molecule has 0 atom stereocenters. The quantitative estimate of drug-likeness (QED) is 0.346. The van der Waals surface area contributed by atoms with Crippen LogP contribution in [0.15, 0.2) is 53.7 Å². The first kappa shape index (κ1) is 14.4. The molecule has 6 nitrogen and oxygen atoms in total. The molecular formula is C15H15N3O3. The molecule has 0 heterocycles. The Labute approximate surface area is 121 Å². The number of nitrogens with two attached hydrogens (primary N) is 1. The van der Waals surface area contributed by atoms with E-state index in [1.165, 1.54) is 0 Å². The number of methoxy groups -OCH3 is 1. The molecule has 2 rings (SSSR count). The van der Waals surface area contributed by atoms with Crippen LogP contribution in [-0.2, 0) is 0 Å². The predicted octanol–water partition coefficient (Wildman–Crippen LogP) is 2.04. The molecule has 0 unspecified atom stereocenters. The molecular weight excluding hydrogens is 270 g/mol. The third kappa shape index (κ3) is 3.50. The van der Waals surface area contributed by atoms with Crippen molar-refractivity contribution in [2.24, 2.45) is 10.9 Å². The van der Waals surface area contributed by atoms with Crippen LogP contribution in [0, 0.1) is 0 Å². The standard InChI is InChI=1S/C15H15N3O3/c1-21-13-7-5-12(6-8-13)17-15(19)11-4-2-3-10(9-11)14(16)18-20/h2-9,20H,1H3,(H2,16,18)(H,17,19). The molecule has 4 N–H and O–H groups in total. The van der Waals surface area contributed by atoms with Gasteiger partial charge < -0.3 is 21.0 Å². The average Bonchev–Trinajstić information content (AvgIpc) is 2.55. The lowest BCUT2D eigenvalue weighted by Crippen LogP contribution is -2.16. The average molecular weight is 285 g/mol. The van der Waals surface area contributed by atoms with Gasteiger partial charge >= 0.3 is 0 Å². The number of ether oxygens (including phenoxy) is 1. The number of amidine groups is 1. The Morgan fingerprint density at radius 3 is 2.48 bits per heavy atom. The minimum atomic E-state index is -0.284. The van der Waals surface area contributed by atoms with Crippen LogP contribution in [-0.4, -0.2) is 24.1 Å². The molecule has 6 heteroatoms. The van der Waals surface area contributed by atoms with Crippen LogP contribution >= 0.6 is 0 Å². The maximum atomic E-state index is 12.1. The Bertz CT molecular complexity index is 666. The van der Waals surface area contributed by atoms with Gasteiger partial charge in [-0.25, -0.2) is 0 Å². The minimum Gasteiger partial charge on any atom is -0.497 e. The van der Waals surface area contributed by atoms with Crippen molar-refractivity contribution < 1.29 is 14.7 Å². The van der Waals surface area contributed by atoms with E-state index in [0.29, 0.717) is 22.6 Å². The summed E-state index contributed by atoms with van der Waals surface area (Å²) >= 11 is 0. The molecule has 0 radical (unpaired) electrons. The van der Waals surface area contributed by atoms with Crippen LogP contribution < -0.4 is 15.8 Å². The number of nitrogens with one attached hydrogen (secondary N) is 1. The maximum Gasteiger partial charge on any atom is 0.255 e. The molecule has 0 aliphatic rings. The summed E-state index contributed by atoms with van der Waals surface area (Å²) in [5.41, 5.74) is 7.03. The number of carbonyl (C=O) groups is 1. The van der Waals surface area contributed by atoms with Gasteiger partial charge in [0.2, 0.25) is 0 Å². The third-order valence-corrected chi connectivity index (χ3v) is 2.88. The fourth-order valence-corrected chi connectivity index (χ4v) is 1.76. The van der Waals surface area contributed by atoms with Crippen LogP contribution in [0.1, 0.15) is 15.9 Å². The number of rotatable bonds is 4. The Morgan fingerprint density at radius 2 is 1.86 bits per heavy atom. The number of hydrogen-bond donors (Lipinski definition) is 3. The first-order chi connectivity index (χ1) is 10.1. The van der Waals surface area contributed by atoms with Crippen LogP contribution in [0.4, 0.5) is 5.69 Å². The summed E-state index contributed by atoms with van der Waals surface area (Å²) < 4.78 is 5.05. The highest BCUT2D eigenvalue weighted by Gasteiger charge is 2.08. The smallest absolute Gasteiger partial charge is 0.255 e. The molecule has 108 valence electrons.